The number of hydrogen-bond acceptors (Lipinski definition) is 5. The lowest BCUT2D eigenvalue weighted by Crippen LogP contribution is -2.26. The Labute approximate surface area is 155 Å². The number of nitrogens with one attached hydrogen (secondary N) is 1. The third-order valence-corrected chi connectivity index (χ3v) is 4.77. The van der Waals surface area contributed by atoms with Crippen LogP contribution in [0.3, 0.4) is 0 Å². The number of amides is 1. The van der Waals surface area contributed by atoms with Crippen molar-refractivity contribution in [1.82, 2.24) is 15.5 Å². The van der Waals surface area contributed by atoms with Crippen molar-refractivity contribution in [3.8, 4) is 10.7 Å². The molecule has 0 aliphatic heterocycles. The Morgan fingerprint density at radius 2 is 2.04 bits per heavy atom. The van der Waals surface area contributed by atoms with Crippen LogP contribution in [0.2, 0.25) is 0 Å². The number of benzene rings is 1. The molecule has 0 aliphatic rings. The molecule has 1 amide bonds. The van der Waals surface area contributed by atoms with Crippen LogP contribution in [0.15, 0.2) is 46.3 Å². The van der Waals surface area contributed by atoms with E-state index in [4.69, 9.17) is 4.52 Å². The highest BCUT2D eigenvalue weighted by atomic mass is 32.1. The maximum absolute atomic E-state index is 13.5. The second-order valence-corrected chi connectivity index (χ2v) is 6.87. The van der Waals surface area contributed by atoms with Crippen LogP contribution < -0.4 is 5.32 Å². The van der Waals surface area contributed by atoms with E-state index in [0.717, 1.165) is 30.6 Å². The average Bonchev–Trinajstić information content (AvgIpc) is 3.31. The Hall–Kier alpha value is -2.54. The van der Waals surface area contributed by atoms with Gasteiger partial charge in [0.15, 0.2) is 0 Å². The molecule has 0 unspecified atom stereocenters. The first-order valence-electron chi connectivity index (χ1n) is 8.59. The zero-order chi connectivity index (χ0) is 18.2. The van der Waals surface area contributed by atoms with Crippen LogP contribution in [-0.4, -0.2) is 22.6 Å². The first kappa shape index (κ1) is 18.3. The van der Waals surface area contributed by atoms with Crippen LogP contribution in [0.4, 0.5) is 4.39 Å². The first-order chi connectivity index (χ1) is 12.7. The highest BCUT2D eigenvalue weighted by Gasteiger charge is 2.09. The maximum atomic E-state index is 13.5. The zero-order valence-electron chi connectivity index (χ0n) is 14.3. The molecule has 26 heavy (non-hydrogen) atoms. The quantitative estimate of drug-likeness (QED) is 0.576. The number of nitrogens with zero attached hydrogens (tertiary/aromatic N) is 2. The highest BCUT2D eigenvalue weighted by Crippen LogP contribution is 2.21. The summed E-state index contributed by atoms with van der Waals surface area (Å²) in [5.41, 5.74) is 0.419. The van der Waals surface area contributed by atoms with E-state index < -0.39 is 0 Å². The Kier molecular flexibility index (Phi) is 6.49. The van der Waals surface area contributed by atoms with Crippen molar-refractivity contribution < 1.29 is 13.7 Å². The molecule has 3 aromatic rings. The van der Waals surface area contributed by atoms with E-state index in [1.807, 2.05) is 17.5 Å². The molecule has 2 aromatic heterocycles. The molecule has 0 aliphatic carbocycles. The molecule has 0 saturated heterocycles. The van der Waals surface area contributed by atoms with Gasteiger partial charge in [0.25, 0.3) is 0 Å². The minimum Gasteiger partial charge on any atom is -0.356 e. The lowest BCUT2D eigenvalue weighted by molar-refractivity contribution is -0.120. The standard InChI is InChI=1S/C19H20FN3O2S/c20-15-8-4-3-7-14(15)13-17(24)21-11-5-1-2-10-18-22-19(23-25-18)16-9-6-12-26-16/h3-4,6-9,12H,1-2,5,10-11,13H2,(H,21,24). The van der Waals surface area contributed by atoms with Crippen molar-refractivity contribution in [3.63, 3.8) is 0 Å². The molecule has 1 N–H and O–H groups in total. The third-order valence-electron chi connectivity index (χ3n) is 3.91. The van der Waals surface area contributed by atoms with Crippen LogP contribution in [0.5, 0.6) is 0 Å². The summed E-state index contributed by atoms with van der Waals surface area (Å²) in [6, 6.07) is 10.3. The fraction of sp³-hybridized carbons (Fsp3) is 0.316. The Balaban J connectivity index is 1.30. The van der Waals surface area contributed by atoms with Gasteiger partial charge in [0.2, 0.25) is 17.6 Å². The molecule has 0 atom stereocenters. The molecule has 0 radical (unpaired) electrons. The summed E-state index contributed by atoms with van der Waals surface area (Å²) in [5.74, 6) is 0.768. The molecule has 0 bridgehead atoms. The van der Waals surface area contributed by atoms with Crippen LogP contribution >= 0.6 is 11.3 Å². The number of unbranched alkanes of at least 4 members (excludes halogenated alkanes) is 2. The Morgan fingerprint density at radius 3 is 2.85 bits per heavy atom. The van der Waals surface area contributed by atoms with Crippen molar-refractivity contribution >= 4 is 17.2 Å². The van der Waals surface area contributed by atoms with Gasteiger partial charge in [-0.3, -0.25) is 4.79 Å². The second kappa shape index (κ2) is 9.24. The van der Waals surface area contributed by atoms with Crippen molar-refractivity contribution in [2.75, 3.05) is 6.54 Å². The fourth-order valence-corrected chi connectivity index (χ4v) is 3.19. The van der Waals surface area contributed by atoms with Gasteiger partial charge < -0.3 is 9.84 Å². The predicted molar refractivity (Wildman–Crippen MR) is 98.3 cm³/mol. The molecule has 2 heterocycles. The van der Waals surface area contributed by atoms with Gasteiger partial charge in [-0.15, -0.1) is 11.3 Å². The molecule has 7 heteroatoms. The number of aryl methyl sites for hydroxylation is 1. The van der Waals surface area contributed by atoms with E-state index in [1.54, 1.807) is 29.5 Å². The zero-order valence-corrected chi connectivity index (χ0v) is 15.1. The lowest BCUT2D eigenvalue weighted by atomic mass is 10.1. The minimum absolute atomic E-state index is 0.0696. The smallest absolute Gasteiger partial charge is 0.226 e. The molecule has 0 saturated carbocycles. The number of aromatic nitrogens is 2. The van der Waals surface area contributed by atoms with Gasteiger partial charge in [-0.1, -0.05) is 35.8 Å². The number of thiophene rings is 1. The summed E-state index contributed by atoms with van der Waals surface area (Å²) < 4.78 is 18.7. The minimum atomic E-state index is -0.343. The number of rotatable bonds is 9. The topological polar surface area (TPSA) is 68.0 Å². The monoisotopic (exact) mass is 373 g/mol. The van der Waals surface area contributed by atoms with E-state index >= 15 is 0 Å². The molecule has 136 valence electrons. The predicted octanol–water partition coefficient (Wildman–Crippen LogP) is 4.01. The van der Waals surface area contributed by atoms with E-state index in [0.29, 0.717) is 23.8 Å². The Bertz CT molecular complexity index is 833. The van der Waals surface area contributed by atoms with Gasteiger partial charge in [0.1, 0.15) is 5.82 Å². The fourth-order valence-electron chi connectivity index (χ4n) is 2.55. The van der Waals surface area contributed by atoms with Crippen molar-refractivity contribution in [2.45, 2.75) is 32.1 Å². The third kappa shape index (κ3) is 5.23. The van der Waals surface area contributed by atoms with Gasteiger partial charge in [-0.05, 0) is 35.9 Å². The average molecular weight is 373 g/mol. The Morgan fingerprint density at radius 1 is 1.15 bits per heavy atom. The summed E-state index contributed by atoms with van der Waals surface area (Å²) in [5, 5.41) is 8.78. The summed E-state index contributed by atoms with van der Waals surface area (Å²) in [7, 11) is 0. The van der Waals surface area contributed by atoms with Gasteiger partial charge in [0, 0.05) is 13.0 Å². The molecule has 3 rings (SSSR count). The molecular formula is C19H20FN3O2S. The van der Waals surface area contributed by atoms with Gasteiger partial charge in [-0.2, -0.15) is 4.98 Å². The van der Waals surface area contributed by atoms with E-state index in [-0.39, 0.29) is 18.1 Å². The van der Waals surface area contributed by atoms with E-state index in [1.165, 1.54) is 6.07 Å². The number of halogens is 1. The lowest BCUT2D eigenvalue weighted by Gasteiger charge is -2.05. The van der Waals surface area contributed by atoms with E-state index in [9.17, 15) is 9.18 Å². The van der Waals surface area contributed by atoms with E-state index in [2.05, 4.69) is 15.5 Å². The summed E-state index contributed by atoms with van der Waals surface area (Å²) in [4.78, 5) is 17.2. The van der Waals surface area contributed by atoms with Crippen LogP contribution in [0, 0.1) is 5.82 Å². The first-order valence-corrected chi connectivity index (χ1v) is 9.47. The van der Waals surface area contributed by atoms with Gasteiger partial charge in [0.05, 0.1) is 11.3 Å². The van der Waals surface area contributed by atoms with Gasteiger partial charge in [-0.25, -0.2) is 4.39 Å². The normalized spacial score (nSPS) is 10.8. The van der Waals surface area contributed by atoms with Gasteiger partial charge >= 0.3 is 0 Å². The number of hydrogen-bond donors (Lipinski definition) is 1. The van der Waals surface area contributed by atoms with Crippen LogP contribution in [-0.2, 0) is 17.6 Å². The summed E-state index contributed by atoms with van der Waals surface area (Å²) in [6.07, 6.45) is 3.50. The van der Waals surface area contributed by atoms with Crippen molar-refractivity contribution in [1.29, 1.82) is 0 Å². The highest BCUT2D eigenvalue weighted by molar-refractivity contribution is 7.13. The molecule has 0 spiro atoms. The summed E-state index contributed by atoms with van der Waals surface area (Å²) in [6.45, 7) is 0.581. The molecular weight excluding hydrogens is 353 g/mol. The SMILES string of the molecule is O=C(Cc1ccccc1F)NCCCCCc1nc(-c2cccs2)no1. The number of carbonyl (C=O) groups excluding carboxylic acids is 1. The van der Waals surface area contributed by atoms with Crippen molar-refractivity contribution in [3.05, 3.63) is 59.0 Å². The van der Waals surface area contributed by atoms with Crippen LogP contribution in [0.1, 0.15) is 30.7 Å². The summed E-state index contributed by atoms with van der Waals surface area (Å²) >= 11 is 1.58. The molecule has 5 nitrogen and oxygen atoms in total. The largest absolute Gasteiger partial charge is 0.356 e. The second-order valence-electron chi connectivity index (χ2n) is 5.92. The van der Waals surface area contributed by atoms with Crippen molar-refractivity contribution in [2.24, 2.45) is 0 Å². The maximum Gasteiger partial charge on any atom is 0.226 e. The van der Waals surface area contributed by atoms with Crippen LogP contribution in [0.25, 0.3) is 10.7 Å². The molecule has 0 fully saturated rings. The number of carbonyl (C=O) groups is 1. The molecule has 1 aromatic carbocycles.